The van der Waals surface area contributed by atoms with Crippen molar-refractivity contribution >= 4 is 5.91 Å². The Bertz CT molecular complexity index is 598. The summed E-state index contributed by atoms with van der Waals surface area (Å²) in [5.41, 5.74) is 5.71. The van der Waals surface area contributed by atoms with Gasteiger partial charge in [0.15, 0.2) is 0 Å². The number of hydrogen-bond acceptors (Lipinski definition) is 4. The van der Waals surface area contributed by atoms with E-state index in [9.17, 15) is 15.2 Å². The van der Waals surface area contributed by atoms with Gasteiger partial charge >= 0.3 is 0 Å². The van der Waals surface area contributed by atoms with Crippen molar-refractivity contribution in [3.05, 3.63) is 0 Å². The van der Waals surface area contributed by atoms with Crippen LogP contribution < -0.4 is 5.73 Å². The van der Waals surface area contributed by atoms with Crippen LogP contribution in [0.25, 0.3) is 0 Å². The fourth-order valence-corrected chi connectivity index (χ4v) is 6.96. The number of nitrogens with two attached hydrogens (primary N) is 1. The number of likely N-dealkylation sites (tertiary alicyclic amines) is 1. The molecule has 0 spiro atoms. The molecular weight excluding hydrogens is 290 g/mol. The molecule has 5 aliphatic carbocycles. The molecule has 23 heavy (non-hydrogen) atoms. The summed E-state index contributed by atoms with van der Waals surface area (Å²) in [7, 11) is 0. The molecule has 1 amide bonds. The van der Waals surface area contributed by atoms with Gasteiger partial charge in [-0.1, -0.05) is 0 Å². The number of carbonyl (C=O) groups is 1. The predicted octanol–water partition coefficient (Wildman–Crippen LogP) is 1.16. The number of aliphatic hydroxyl groups is 1. The Hall–Kier alpha value is -1.12. The van der Waals surface area contributed by atoms with Gasteiger partial charge in [-0.25, -0.2) is 0 Å². The van der Waals surface area contributed by atoms with Crippen molar-refractivity contribution in [1.29, 1.82) is 5.26 Å². The third-order valence-electron chi connectivity index (χ3n) is 7.51. The first-order chi connectivity index (χ1) is 10.9. The van der Waals surface area contributed by atoms with Gasteiger partial charge in [0.2, 0.25) is 5.91 Å². The van der Waals surface area contributed by atoms with Crippen molar-refractivity contribution in [2.24, 2.45) is 28.9 Å². The Kier molecular flexibility index (Phi) is 2.65. The number of fused-ring (bicyclic) bond motifs is 1. The Morgan fingerprint density at radius 2 is 1.91 bits per heavy atom. The summed E-state index contributed by atoms with van der Waals surface area (Å²) in [6.45, 7) is 0. The molecule has 1 heterocycles. The fourth-order valence-electron chi connectivity index (χ4n) is 6.96. The van der Waals surface area contributed by atoms with Gasteiger partial charge in [-0.3, -0.25) is 4.79 Å². The van der Waals surface area contributed by atoms with E-state index in [4.69, 9.17) is 5.73 Å². The maximum Gasteiger partial charge on any atom is 0.241 e. The molecule has 0 aromatic carbocycles. The van der Waals surface area contributed by atoms with E-state index < -0.39 is 11.6 Å². The van der Waals surface area contributed by atoms with E-state index in [0.717, 1.165) is 38.5 Å². The number of amides is 1. The number of piperidine rings is 1. The zero-order valence-corrected chi connectivity index (χ0v) is 13.4. The first-order valence-electron chi connectivity index (χ1n) is 9.13. The second-order valence-electron chi connectivity index (χ2n) is 9.21. The number of nitriles is 1. The summed E-state index contributed by atoms with van der Waals surface area (Å²) >= 11 is 0. The minimum Gasteiger partial charge on any atom is -0.390 e. The van der Waals surface area contributed by atoms with Crippen LogP contribution in [-0.4, -0.2) is 39.6 Å². The fraction of sp³-hybridized carbons (Fsp3) is 0.889. The number of nitrogens with zero attached hydrogens (tertiary/aromatic N) is 2. The quantitative estimate of drug-likeness (QED) is 0.800. The van der Waals surface area contributed by atoms with Crippen LogP contribution in [0.15, 0.2) is 0 Å². The Balaban J connectivity index is 1.43. The summed E-state index contributed by atoms with van der Waals surface area (Å²) in [6, 6.07) is 1.72. The minimum absolute atomic E-state index is 0.0212. The molecule has 5 heteroatoms. The monoisotopic (exact) mass is 315 g/mol. The van der Waals surface area contributed by atoms with Crippen molar-refractivity contribution in [3.8, 4) is 6.07 Å². The van der Waals surface area contributed by atoms with Crippen LogP contribution in [0.3, 0.4) is 0 Å². The minimum atomic E-state index is -0.594. The molecule has 1 aliphatic heterocycles. The highest BCUT2D eigenvalue weighted by atomic mass is 16.3. The smallest absolute Gasteiger partial charge is 0.241 e. The molecule has 0 radical (unpaired) electrons. The van der Waals surface area contributed by atoms with E-state index in [1.807, 2.05) is 0 Å². The van der Waals surface area contributed by atoms with Gasteiger partial charge in [-0.05, 0) is 74.5 Å². The van der Waals surface area contributed by atoms with Crippen molar-refractivity contribution in [3.63, 3.8) is 0 Å². The summed E-state index contributed by atoms with van der Waals surface area (Å²) in [5.74, 6) is 1.56. The lowest BCUT2D eigenvalue weighted by Gasteiger charge is -2.61. The lowest BCUT2D eigenvalue weighted by Crippen LogP contribution is -2.64. The van der Waals surface area contributed by atoms with Crippen LogP contribution in [-0.2, 0) is 4.79 Å². The highest BCUT2D eigenvalue weighted by Gasteiger charge is 2.62. The van der Waals surface area contributed by atoms with E-state index in [1.54, 1.807) is 4.90 Å². The van der Waals surface area contributed by atoms with Crippen LogP contribution >= 0.6 is 0 Å². The van der Waals surface area contributed by atoms with E-state index in [0.29, 0.717) is 24.2 Å². The SMILES string of the molecule is N#C[C@@H]1C[C@@H]2CC2N1C(=O)C(N)C12CC3CC(CC(O)(C3)C1)C2. The van der Waals surface area contributed by atoms with Crippen LogP contribution in [0.4, 0.5) is 0 Å². The zero-order chi connectivity index (χ0) is 16.0. The topological polar surface area (TPSA) is 90.4 Å². The molecule has 5 saturated carbocycles. The molecule has 1 saturated heterocycles. The predicted molar refractivity (Wildman–Crippen MR) is 82.8 cm³/mol. The maximum atomic E-state index is 13.1. The summed E-state index contributed by atoms with van der Waals surface area (Å²) in [4.78, 5) is 14.9. The summed E-state index contributed by atoms with van der Waals surface area (Å²) < 4.78 is 0. The Labute approximate surface area is 136 Å². The molecule has 3 N–H and O–H groups in total. The molecule has 5 nitrogen and oxygen atoms in total. The third kappa shape index (κ3) is 1.88. The van der Waals surface area contributed by atoms with Gasteiger partial charge < -0.3 is 15.7 Å². The largest absolute Gasteiger partial charge is 0.390 e. The summed E-state index contributed by atoms with van der Waals surface area (Å²) in [5, 5.41) is 20.2. The van der Waals surface area contributed by atoms with Crippen molar-refractivity contribution in [1.82, 2.24) is 4.90 Å². The molecule has 6 atom stereocenters. The zero-order valence-electron chi connectivity index (χ0n) is 13.4. The highest BCUT2D eigenvalue weighted by Crippen LogP contribution is 2.63. The molecule has 4 unspecified atom stereocenters. The second kappa shape index (κ2) is 4.29. The third-order valence-corrected chi connectivity index (χ3v) is 7.51. The average Bonchev–Trinajstić information content (AvgIpc) is 3.14. The van der Waals surface area contributed by atoms with Crippen LogP contribution in [0.1, 0.15) is 51.4 Å². The lowest BCUT2D eigenvalue weighted by molar-refractivity contribution is -0.177. The van der Waals surface area contributed by atoms with Crippen molar-refractivity contribution in [2.75, 3.05) is 0 Å². The van der Waals surface area contributed by atoms with Gasteiger partial charge in [-0.15, -0.1) is 0 Å². The Morgan fingerprint density at radius 3 is 2.52 bits per heavy atom. The molecular formula is C18H25N3O2. The van der Waals surface area contributed by atoms with E-state index in [2.05, 4.69) is 6.07 Å². The number of hydrogen-bond donors (Lipinski definition) is 2. The van der Waals surface area contributed by atoms with Crippen LogP contribution in [0.5, 0.6) is 0 Å². The average molecular weight is 315 g/mol. The van der Waals surface area contributed by atoms with Crippen molar-refractivity contribution < 1.29 is 9.90 Å². The maximum absolute atomic E-state index is 13.1. The first kappa shape index (κ1) is 14.2. The second-order valence-corrected chi connectivity index (χ2v) is 9.21. The lowest BCUT2D eigenvalue weighted by atomic mass is 9.46. The van der Waals surface area contributed by atoms with Crippen LogP contribution in [0.2, 0.25) is 0 Å². The Morgan fingerprint density at radius 1 is 1.22 bits per heavy atom. The van der Waals surface area contributed by atoms with Crippen molar-refractivity contribution in [2.45, 2.75) is 75.1 Å². The molecule has 4 bridgehead atoms. The van der Waals surface area contributed by atoms with Crippen LogP contribution in [0, 0.1) is 34.5 Å². The molecule has 6 aliphatic rings. The normalized spacial score (nSPS) is 53.8. The molecule has 124 valence electrons. The molecule has 0 aromatic rings. The number of rotatable bonds is 2. The van der Waals surface area contributed by atoms with Gasteiger partial charge in [0.05, 0.1) is 17.7 Å². The van der Waals surface area contributed by atoms with Gasteiger partial charge in [-0.2, -0.15) is 5.26 Å². The molecule has 6 fully saturated rings. The van der Waals surface area contributed by atoms with Gasteiger partial charge in [0, 0.05) is 6.04 Å². The van der Waals surface area contributed by atoms with E-state index in [-0.39, 0.29) is 23.4 Å². The number of carbonyl (C=O) groups excluding carboxylic acids is 1. The molecule has 0 aromatic heterocycles. The standard InChI is InChI=1S/C18H25N3O2/c19-8-13-2-12-3-14(12)21(13)16(22)15(20)17-4-10-1-11(5-17)7-18(23,6-10)9-17/h10-15,23H,1-7,9,20H2/t10?,11?,12-,13+,14?,15?,17?,18?/m1/s1. The van der Waals surface area contributed by atoms with Gasteiger partial charge in [0.1, 0.15) is 6.04 Å². The molecule has 6 rings (SSSR count). The highest BCUT2D eigenvalue weighted by molar-refractivity contribution is 5.84. The van der Waals surface area contributed by atoms with E-state index in [1.165, 1.54) is 6.42 Å². The van der Waals surface area contributed by atoms with Gasteiger partial charge in [0.25, 0.3) is 0 Å². The summed E-state index contributed by atoms with van der Waals surface area (Å²) in [6.07, 6.45) is 7.48. The van der Waals surface area contributed by atoms with E-state index >= 15 is 0 Å². The first-order valence-corrected chi connectivity index (χ1v) is 9.13.